The lowest BCUT2D eigenvalue weighted by Gasteiger charge is -2.38. The molecule has 0 saturated carbocycles. The van der Waals surface area contributed by atoms with Gasteiger partial charge >= 0.3 is 5.97 Å². The normalized spacial score (nSPS) is 13.8. The summed E-state index contributed by atoms with van der Waals surface area (Å²) in [6.45, 7) is 14.7. The van der Waals surface area contributed by atoms with Crippen molar-refractivity contribution >= 4 is 19.2 Å². The molecule has 1 rings (SSSR count). The van der Waals surface area contributed by atoms with Crippen LogP contribution in [0.2, 0.25) is 13.1 Å². The van der Waals surface area contributed by atoms with Crippen molar-refractivity contribution in [2.45, 2.75) is 40.3 Å². The molecule has 0 radical (unpaired) electrons. The third-order valence-electron chi connectivity index (χ3n) is 4.59. The van der Waals surface area contributed by atoms with Crippen LogP contribution in [0.3, 0.4) is 0 Å². The smallest absolute Gasteiger partial charge is 0.310 e. The maximum atomic E-state index is 11.8. The van der Waals surface area contributed by atoms with Crippen molar-refractivity contribution in [1.29, 1.82) is 0 Å². The van der Waals surface area contributed by atoms with Gasteiger partial charge in [-0.05, 0) is 11.8 Å². The van der Waals surface area contributed by atoms with Gasteiger partial charge in [0.25, 0.3) is 0 Å². The highest BCUT2D eigenvalue weighted by Gasteiger charge is 2.42. The lowest BCUT2D eigenvalue weighted by atomic mass is 9.76. The first-order valence-corrected chi connectivity index (χ1v) is 10.1. The molecule has 1 unspecified atom stereocenters. The average Bonchev–Trinajstić information content (AvgIpc) is 2.39. The Morgan fingerprint density at radius 1 is 1.30 bits per heavy atom. The zero-order chi connectivity index (χ0) is 15.6. The Kier molecular flexibility index (Phi) is 4.98. The summed E-state index contributed by atoms with van der Waals surface area (Å²) >= 11 is 0. The Morgan fingerprint density at radius 3 is 2.20 bits per heavy atom. The van der Waals surface area contributed by atoms with Gasteiger partial charge in [-0.3, -0.25) is 4.79 Å². The number of carboxylic acid groups (broad SMARTS) is 1. The summed E-state index contributed by atoms with van der Waals surface area (Å²) < 4.78 is 0. The number of carboxylic acids is 1. The van der Waals surface area contributed by atoms with Crippen LogP contribution in [0.25, 0.3) is 0 Å². The SMILES string of the molecule is C=C(C(C(=O)O)C(C)(C)CC)[Si](C)(C)c1ccccc1. The summed E-state index contributed by atoms with van der Waals surface area (Å²) in [5.41, 5.74) is -0.276. The van der Waals surface area contributed by atoms with Gasteiger partial charge in [-0.15, -0.1) is 6.58 Å². The van der Waals surface area contributed by atoms with Crippen molar-refractivity contribution in [1.82, 2.24) is 0 Å². The standard InChI is InChI=1S/C17H26O2Si/c1-7-17(3,4)15(16(18)19)13(2)20(5,6)14-11-9-8-10-12-14/h8-12,15H,2,7H2,1,3-6H3,(H,18,19). The molecule has 0 amide bonds. The van der Waals surface area contributed by atoms with Crippen LogP contribution in [0, 0.1) is 11.3 Å². The minimum Gasteiger partial charge on any atom is -0.481 e. The van der Waals surface area contributed by atoms with Crippen LogP contribution in [0.4, 0.5) is 0 Å². The van der Waals surface area contributed by atoms with Crippen LogP contribution < -0.4 is 5.19 Å². The van der Waals surface area contributed by atoms with Gasteiger partial charge in [-0.2, -0.15) is 0 Å². The summed E-state index contributed by atoms with van der Waals surface area (Å²) in [4.78, 5) is 11.8. The van der Waals surface area contributed by atoms with Gasteiger partial charge in [0.2, 0.25) is 0 Å². The van der Waals surface area contributed by atoms with Crippen molar-refractivity contribution < 1.29 is 9.90 Å². The van der Waals surface area contributed by atoms with E-state index in [0.717, 1.165) is 11.6 Å². The Hall–Kier alpha value is -1.35. The third-order valence-corrected chi connectivity index (χ3v) is 8.26. The molecule has 0 heterocycles. The number of benzene rings is 1. The van der Waals surface area contributed by atoms with E-state index in [-0.39, 0.29) is 5.41 Å². The molecule has 0 aromatic heterocycles. The van der Waals surface area contributed by atoms with Crippen LogP contribution >= 0.6 is 0 Å². The molecule has 0 spiro atoms. The molecule has 0 fully saturated rings. The molecular weight excluding hydrogens is 264 g/mol. The van der Waals surface area contributed by atoms with Gasteiger partial charge in [0, 0.05) is 0 Å². The van der Waals surface area contributed by atoms with Crippen LogP contribution in [-0.2, 0) is 4.79 Å². The minimum absolute atomic E-state index is 0.276. The molecule has 110 valence electrons. The monoisotopic (exact) mass is 290 g/mol. The predicted octanol–water partition coefficient (Wildman–Crippen LogP) is 3.83. The van der Waals surface area contributed by atoms with E-state index in [9.17, 15) is 9.90 Å². The number of carbonyl (C=O) groups is 1. The summed E-state index contributed by atoms with van der Waals surface area (Å²) in [5.74, 6) is -1.24. The molecule has 1 N–H and O–H groups in total. The molecular formula is C17H26O2Si. The van der Waals surface area contributed by atoms with E-state index >= 15 is 0 Å². The van der Waals surface area contributed by atoms with E-state index < -0.39 is 20.0 Å². The number of hydrogen-bond acceptors (Lipinski definition) is 1. The summed E-state index contributed by atoms with van der Waals surface area (Å²) in [6, 6.07) is 10.2. The van der Waals surface area contributed by atoms with E-state index in [1.54, 1.807) is 0 Å². The predicted molar refractivity (Wildman–Crippen MR) is 87.9 cm³/mol. The van der Waals surface area contributed by atoms with Gasteiger partial charge in [-0.1, -0.05) is 74.6 Å². The second kappa shape index (κ2) is 5.96. The van der Waals surface area contributed by atoms with E-state index in [0.29, 0.717) is 0 Å². The second-order valence-electron chi connectivity index (χ2n) is 6.63. The van der Waals surface area contributed by atoms with Crippen molar-refractivity contribution in [3.8, 4) is 0 Å². The Labute approximate surface area is 123 Å². The quantitative estimate of drug-likeness (QED) is 0.808. The molecule has 1 aromatic carbocycles. The van der Waals surface area contributed by atoms with Crippen molar-refractivity contribution in [3.63, 3.8) is 0 Å². The molecule has 0 bridgehead atoms. The van der Waals surface area contributed by atoms with Gasteiger partial charge in [0.1, 0.15) is 8.07 Å². The zero-order valence-corrected chi connectivity index (χ0v) is 14.2. The van der Waals surface area contributed by atoms with E-state index in [1.807, 2.05) is 39.0 Å². The van der Waals surface area contributed by atoms with Crippen molar-refractivity contribution in [2.24, 2.45) is 11.3 Å². The topological polar surface area (TPSA) is 37.3 Å². The van der Waals surface area contributed by atoms with Gasteiger partial charge in [0.05, 0.1) is 5.92 Å². The first-order valence-electron chi connectivity index (χ1n) is 7.12. The van der Waals surface area contributed by atoms with Crippen LogP contribution in [0.5, 0.6) is 0 Å². The average molecular weight is 290 g/mol. The lowest BCUT2D eigenvalue weighted by Crippen LogP contribution is -2.49. The molecule has 3 heteroatoms. The Morgan fingerprint density at radius 2 is 1.80 bits per heavy atom. The first kappa shape index (κ1) is 16.7. The van der Waals surface area contributed by atoms with E-state index in [4.69, 9.17) is 0 Å². The molecule has 0 aliphatic carbocycles. The van der Waals surface area contributed by atoms with Gasteiger partial charge in [-0.25, -0.2) is 0 Å². The summed E-state index contributed by atoms with van der Waals surface area (Å²) in [5, 5.41) is 11.8. The second-order valence-corrected chi connectivity index (χ2v) is 11.1. The van der Waals surface area contributed by atoms with Gasteiger partial charge < -0.3 is 5.11 Å². The number of aliphatic carboxylic acids is 1. The van der Waals surface area contributed by atoms with Gasteiger partial charge in [0.15, 0.2) is 0 Å². The van der Waals surface area contributed by atoms with Crippen LogP contribution in [0.1, 0.15) is 27.2 Å². The largest absolute Gasteiger partial charge is 0.481 e. The van der Waals surface area contributed by atoms with Crippen LogP contribution in [-0.4, -0.2) is 19.1 Å². The summed E-state index contributed by atoms with van der Waals surface area (Å²) in [7, 11) is -2.01. The molecule has 2 nitrogen and oxygen atoms in total. The zero-order valence-electron chi connectivity index (χ0n) is 13.2. The lowest BCUT2D eigenvalue weighted by molar-refractivity contribution is -0.143. The molecule has 1 atom stereocenters. The molecule has 0 aliphatic rings. The highest BCUT2D eigenvalue weighted by atomic mass is 28.3. The fourth-order valence-electron chi connectivity index (χ4n) is 2.56. The maximum absolute atomic E-state index is 11.8. The first-order chi connectivity index (χ1) is 9.14. The highest BCUT2D eigenvalue weighted by molar-refractivity contribution is 6.95. The fourth-order valence-corrected chi connectivity index (χ4v) is 5.19. The minimum atomic E-state index is -2.01. The van der Waals surface area contributed by atoms with Crippen LogP contribution in [0.15, 0.2) is 42.1 Å². The molecule has 20 heavy (non-hydrogen) atoms. The fraction of sp³-hybridized carbons (Fsp3) is 0.471. The number of hydrogen-bond donors (Lipinski definition) is 1. The third kappa shape index (κ3) is 3.21. The Bertz CT molecular complexity index is 489. The maximum Gasteiger partial charge on any atom is 0.310 e. The molecule has 1 aromatic rings. The molecule has 0 saturated heterocycles. The van der Waals surface area contributed by atoms with E-state index in [1.165, 1.54) is 5.19 Å². The Balaban J connectivity index is 3.23. The van der Waals surface area contributed by atoms with Crippen molar-refractivity contribution in [2.75, 3.05) is 0 Å². The number of rotatable bonds is 6. The highest BCUT2D eigenvalue weighted by Crippen LogP contribution is 2.38. The van der Waals surface area contributed by atoms with E-state index in [2.05, 4.69) is 31.8 Å². The molecule has 0 aliphatic heterocycles. The van der Waals surface area contributed by atoms with Crippen molar-refractivity contribution in [3.05, 3.63) is 42.1 Å². The summed E-state index contributed by atoms with van der Waals surface area (Å²) in [6.07, 6.45) is 0.822.